The molecule has 0 amide bonds. The number of nitro groups is 1. The number of nitro benzene ring substituents is 1. The lowest BCUT2D eigenvalue weighted by molar-refractivity contribution is -0.384. The normalized spacial score (nSPS) is 10.1. The zero-order valence-electron chi connectivity index (χ0n) is 22.3. The fourth-order valence-electron chi connectivity index (χ4n) is 3.88. The van der Waals surface area contributed by atoms with Crippen LogP contribution in [0.5, 0.6) is 11.5 Å². The van der Waals surface area contributed by atoms with E-state index in [9.17, 15) is 29.6 Å². The molecule has 0 unspecified atom stereocenters. The summed E-state index contributed by atoms with van der Waals surface area (Å²) in [7, 11) is 1.54. The molecular weight excluding hydrogens is 518 g/mol. The Morgan fingerprint density at radius 1 is 0.950 bits per heavy atom. The van der Waals surface area contributed by atoms with Gasteiger partial charge in [-0.25, -0.2) is 14.4 Å². The number of carboxylic acids is 2. The van der Waals surface area contributed by atoms with Crippen LogP contribution in [0.15, 0.2) is 73.3 Å². The van der Waals surface area contributed by atoms with E-state index in [1.807, 2.05) is 0 Å². The van der Waals surface area contributed by atoms with Gasteiger partial charge in [0.15, 0.2) is 0 Å². The van der Waals surface area contributed by atoms with Gasteiger partial charge < -0.3 is 19.7 Å². The van der Waals surface area contributed by atoms with E-state index in [1.165, 1.54) is 31.4 Å². The van der Waals surface area contributed by atoms with Crippen LogP contribution in [0.25, 0.3) is 11.1 Å². The lowest BCUT2D eigenvalue weighted by atomic mass is 9.90. The molecule has 0 heterocycles. The maximum atomic E-state index is 12.6. The molecule has 0 fully saturated rings. The Bertz CT molecular complexity index is 1350. The van der Waals surface area contributed by atoms with Crippen LogP contribution in [-0.2, 0) is 11.2 Å². The molecule has 0 atom stereocenters. The smallest absolute Gasteiger partial charge is 0.343 e. The van der Waals surface area contributed by atoms with Crippen molar-refractivity contribution in [1.82, 2.24) is 0 Å². The molecule has 0 aromatic heterocycles. The van der Waals surface area contributed by atoms with Crippen molar-refractivity contribution in [2.24, 2.45) is 0 Å². The molecule has 40 heavy (non-hydrogen) atoms. The molecule has 0 aliphatic rings. The van der Waals surface area contributed by atoms with Crippen molar-refractivity contribution in [3.05, 3.63) is 100 Å². The first-order valence-corrected chi connectivity index (χ1v) is 12.5. The third-order valence-electron chi connectivity index (χ3n) is 5.85. The molecule has 3 aromatic rings. The monoisotopic (exact) mass is 549 g/mol. The fourth-order valence-corrected chi connectivity index (χ4v) is 3.88. The summed E-state index contributed by atoms with van der Waals surface area (Å²) in [6.07, 6.45) is 5.44. The van der Waals surface area contributed by atoms with Gasteiger partial charge in [-0.3, -0.25) is 10.1 Å². The van der Waals surface area contributed by atoms with E-state index in [4.69, 9.17) is 14.6 Å². The Balaban J connectivity index is 0.00000103. The number of carbonyl (C=O) groups is 3. The predicted octanol–water partition coefficient (Wildman–Crippen LogP) is 6.57. The number of rotatable bonds is 12. The summed E-state index contributed by atoms with van der Waals surface area (Å²) < 4.78 is 10.9. The minimum absolute atomic E-state index is 0.0998. The van der Waals surface area contributed by atoms with Crippen LogP contribution >= 0.6 is 0 Å². The number of methoxy groups -OCH3 is 1. The molecule has 10 heteroatoms. The molecule has 0 bridgehead atoms. The van der Waals surface area contributed by atoms with Gasteiger partial charge >= 0.3 is 17.9 Å². The number of benzene rings is 3. The highest BCUT2D eigenvalue weighted by Crippen LogP contribution is 2.37. The Morgan fingerprint density at radius 3 is 2.08 bits per heavy atom. The van der Waals surface area contributed by atoms with Crippen LogP contribution in [0.3, 0.4) is 0 Å². The number of aromatic carboxylic acids is 1. The maximum absolute atomic E-state index is 12.6. The van der Waals surface area contributed by atoms with Crippen LogP contribution in [0.2, 0.25) is 0 Å². The van der Waals surface area contributed by atoms with Gasteiger partial charge in [0.1, 0.15) is 11.5 Å². The minimum Gasteiger partial charge on any atom is -0.496 e. The van der Waals surface area contributed by atoms with E-state index in [0.717, 1.165) is 37.3 Å². The predicted molar refractivity (Wildman–Crippen MR) is 149 cm³/mol. The number of carbonyl (C=O) groups excluding carboxylic acids is 1. The fraction of sp³-hybridized carbons (Fsp3) is 0.233. The van der Waals surface area contributed by atoms with Gasteiger partial charge in [0.2, 0.25) is 0 Å². The first-order valence-electron chi connectivity index (χ1n) is 12.5. The topological polar surface area (TPSA) is 153 Å². The van der Waals surface area contributed by atoms with Gasteiger partial charge in [-0.05, 0) is 60.4 Å². The largest absolute Gasteiger partial charge is 0.496 e. The average molecular weight is 550 g/mol. The van der Waals surface area contributed by atoms with Crippen molar-refractivity contribution < 1.29 is 39.0 Å². The number of esters is 1. The molecule has 0 spiro atoms. The molecular formula is C30H31NO9. The van der Waals surface area contributed by atoms with Crippen LogP contribution in [0.4, 0.5) is 5.69 Å². The zero-order valence-corrected chi connectivity index (χ0v) is 22.3. The summed E-state index contributed by atoms with van der Waals surface area (Å²) in [5.41, 5.74) is 2.54. The first kappa shape index (κ1) is 31.2. The Morgan fingerprint density at radius 2 is 1.57 bits per heavy atom. The summed E-state index contributed by atoms with van der Waals surface area (Å²) in [6.45, 7) is 5.08. The summed E-state index contributed by atoms with van der Waals surface area (Å²) in [4.78, 5) is 44.0. The maximum Gasteiger partial charge on any atom is 0.343 e. The molecule has 0 saturated carbocycles. The van der Waals surface area contributed by atoms with Crippen LogP contribution in [0.1, 0.15) is 58.9 Å². The summed E-state index contributed by atoms with van der Waals surface area (Å²) in [6, 6.07) is 15.1. The SMILES string of the molecule is C=CC(=O)O.CCCCCCc1c(C(=O)O)ccc(OC)c1-c1ccc(C(=O)Oc2ccc([N+](=O)[O-])cc2)cc1. The van der Waals surface area contributed by atoms with Gasteiger partial charge in [0.25, 0.3) is 5.69 Å². The van der Waals surface area contributed by atoms with Crippen LogP contribution in [-0.4, -0.2) is 40.2 Å². The Kier molecular flexibility index (Phi) is 12.0. The number of non-ortho nitro benzene ring substituents is 1. The quantitative estimate of drug-likeness (QED) is 0.0638. The van der Waals surface area contributed by atoms with Crippen molar-refractivity contribution in [1.29, 1.82) is 0 Å². The third-order valence-corrected chi connectivity index (χ3v) is 5.85. The molecule has 2 N–H and O–H groups in total. The average Bonchev–Trinajstić information content (AvgIpc) is 2.95. The lowest BCUT2D eigenvalue weighted by Crippen LogP contribution is -2.09. The van der Waals surface area contributed by atoms with E-state index in [-0.39, 0.29) is 22.6 Å². The van der Waals surface area contributed by atoms with Crippen molar-refractivity contribution >= 4 is 23.6 Å². The molecule has 0 aliphatic carbocycles. The van der Waals surface area contributed by atoms with E-state index in [2.05, 4.69) is 13.5 Å². The number of nitrogens with zero attached hydrogens (tertiary/aromatic N) is 1. The number of hydrogen-bond donors (Lipinski definition) is 2. The Hall–Kier alpha value is -4.99. The van der Waals surface area contributed by atoms with Crippen molar-refractivity contribution in [2.45, 2.75) is 39.0 Å². The number of hydrogen-bond acceptors (Lipinski definition) is 7. The summed E-state index contributed by atoms with van der Waals surface area (Å²) in [5.74, 6) is -1.85. The summed E-state index contributed by atoms with van der Waals surface area (Å²) >= 11 is 0. The molecule has 0 saturated heterocycles. The van der Waals surface area contributed by atoms with E-state index in [1.54, 1.807) is 36.4 Å². The van der Waals surface area contributed by atoms with Gasteiger partial charge in [0, 0.05) is 23.8 Å². The molecule has 3 aromatic carbocycles. The van der Waals surface area contributed by atoms with Crippen molar-refractivity contribution in [3.63, 3.8) is 0 Å². The first-order chi connectivity index (χ1) is 19.1. The number of aliphatic carboxylic acids is 1. The second-order valence-corrected chi connectivity index (χ2v) is 8.54. The van der Waals surface area contributed by atoms with Gasteiger partial charge in [-0.1, -0.05) is 44.9 Å². The third kappa shape index (κ3) is 8.80. The molecule has 0 aliphatic heterocycles. The number of unbranched alkanes of at least 4 members (excludes halogenated alkanes) is 3. The van der Waals surface area contributed by atoms with Crippen molar-refractivity contribution in [3.8, 4) is 22.6 Å². The minimum atomic E-state index is -0.998. The van der Waals surface area contributed by atoms with Gasteiger partial charge in [-0.2, -0.15) is 0 Å². The molecule has 10 nitrogen and oxygen atoms in total. The van der Waals surface area contributed by atoms with E-state index in [0.29, 0.717) is 23.3 Å². The van der Waals surface area contributed by atoms with E-state index < -0.39 is 22.8 Å². The highest BCUT2D eigenvalue weighted by molar-refractivity contribution is 5.95. The van der Waals surface area contributed by atoms with E-state index >= 15 is 0 Å². The zero-order chi connectivity index (χ0) is 29.7. The van der Waals surface area contributed by atoms with Crippen LogP contribution in [0, 0.1) is 10.1 Å². The molecule has 0 radical (unpaired) electrons. The van der Waals surface area contributed by atoms with Gasteiger partial charge in [0.05, 0.1) is 23.2 Å². The van der Waals surface area contributed by atoms with Crippen LogP contribution < -0.4 is 9.47 Å². The second kappa shape index (κ2) is 15.4. The second-order valence-electron chi connectivity index (χ2n) is 8.54. The lowest BCUT2D eigenvalue weighted by Gasteiger charge is -2.17. The van der Waals surface area contributed by atoms with Gasteiger partial charge in [-0.15, -0.1) is 0 Å². The Labute approximate surface area is 231 Å². The molecule has 3 rings (SSSR count). The number of carboxylic acid groups (broad SMARTS) is 2. The summed E-state index contributed by atoms with van der Waals surface area (Å²) in [5, 5.41) is 28.1. The van der Waals surface area contributed by atoms with Crippen molar-refractivity contribution in [2.75, 3.05) is 7.11 Å². The highest BCUT2D eigenvalue weighted by Gasteiger charge is 2.20. The standard InChI is InChI=1S/C27H27NO7.C3H4O2/c1-3-4-5-6-7-22-23(26(29)30)16-17-24(34-2)25(22)18-8-10-19(11-9-18)27(31)35-21-14-12-20(13-15-21)28(32)33;1-2-3(4)5/h8-17H,3-7H2,1-2H3,(H,29,30);2H,1H2,(H,4,5). The molecule has 210 valence electrons. The number of ether oxygens (including phenoxy) is 2. The highest BCUT2D eigenvalue weighted by atomic mass is 16.6.